The fraction of sp³-hybridized carbons (Fsp3) is 0.300. The van der Waals surface area contributed by atoms with Crippen LogP contribution in [0.15, 0.2) is 24.3 Å². The van der Waals surface area contributed by atoms with Crippen molar-refractivity contribution in [2.75, 3.05) is 24.7 Å². The van der Waals surface area contributed by atoms with Gasteiger partial charge in [0.25, 0.3) is 10.1 Å². The summed E-state index contributed by atoms with van der Waals surface area (Å²) >= 11 is 5.69. The lowest BCUT2D eigenvalue weighted by molar-refractivity contribution is 0.224. The first-order valence-electron chi connectivity index (χ1n) is 5.01. The van der Waals surface area contributed by atoms with E-state index in [1.807, 2.05) is 0 Å². The highest BCUT2D eigenvalue weighted by molar-refractivity contribution is 7.85. The Balaban J connectivity index is 2.52. The minimum atomic E-state index is -4.07. The quantitative estimate of drug-likeness (QED) is 0.827. The van der Waals surface area contributed by atoms with Gasteiger partial charge in [-0.25, -0.2) is 4.79 Å². The topological polar surface area (TPSA) is 86.7 Å². The molecule has 0 unspecified atom stereocenters. The molecule has 0 bridgehead atoms. The van der Waals surface area contributed by atoms with E-state index in [0.717, 1.165) is 4.90 Å². The summed E-state index contributed by atoms with van der Waals surface area (Å²) in [6.07, 6.45) is 0. The fourth-order valence-corrected chi connectivity index (χ4v) is 1.74. The lowest BCUT2D eigenvalue weighted by atomic mass is 10.3. The average Bonchev–Trinajstić information content (AvgIpc) is 2.28. The van der Waals surface area contributed by atoms with Crippen molar-refractivity contribution < 1.29 is 17.8 Å². The molecule has 2 amide bonds. The number of hydrogen-bond donors (Lipinski definition) is 2. The monoisotopic (exact) mass is 292 g/mol. The number of nitrogens with one attached hydrogen (secondary N) is 1. The zero-order valence-electron chi connectivity index (χ0n) is 9.63. The second-order valence-corrected chi connectivity index (χ2v) is 5.65. The number of anilines is 1. The molecular weight excluding hydrogens is 280 g/mol. The predicted molar refractivity (Wildman–Crippen MR) is 69.5 cm³/mol. The Morgan fingerprint density at radius 1 is 1.39 bits per heavy atom. The predicted octanol–water partition coefficient (Wildman–Crippen LogP) is 1.69. The number of halogens is 1. The van der Waals surface area contributed by atoms with Crippen LogP contribution >= 0.6 is 11.6 Å². The third-order valence-electron chi connectivity index (χ3n) is 2.13. The van der Waals surface area contributed by atoms with Gasteiger partial charge >= 0.3 is 6.03 Å². The van der Waals surface area contributed by atoms with Gasteiger partial charge in [-0.1, -0.05) is 11.6 Å². The molecule has 0 aliphatic rings. The van der Waals surface area contributed by atoms with Gasteiger partial charge in [-0.3, -0.25) is 4.55 Å². The molecular formula is C10H13ClN2O4S. The maximum absolute atomic E-state index is 11.6. The van der Waals surface area contributed by atoms with E-state index in [1.54, 1.807) is 24.3 Å². The first-order chi connectivity index (χ1) is 8.28. The largest absolute Gasteiger partial charge is 0.326 e. The van der Waals surface area contributed by atoms with Crippen LogP contribution in [-0.4, -0.2) is 43.2 Å². The number of carbonyl (C=O) groups is 1. The van der Waals surface area contributed by atoms with Crippen molar-refractivity contribution in [3.05, 3.63) is 29.3 Å². The molecule has 6 nitrogen and oxygen atoms in total. The maximum Gasteiger partial charge on any atom is 0.321 e. The summed E-state index contributed by atoms with van der Waals surface area (Å²) in [6.45, 7) is -0.0990. The van der Waals surface area contributed by atoms with Crippen molar-refractivity contribution in [3.63, 3.8) is 0 Å². The molecule has 0 heterocycles. The molecule has 2 N–H and O–H groups in total. The Hall–Kier alpha value is -1.31. The van der Waals surface area contributed by atoms with Crippen LogP contribution in [-0.2, 0) is 10.1 Å². The molecule has 100 valence electrons. The molecule has 0 saturated carbocycles. The molecule has 0 saturated heterocycles. The van der Waals surface area contributed by atoms with Gasteiger partial charge in [-0.15, -0.1) is 0 Å². The van der Waals surface area contributed by atoms with E-state index in [2.05, 4.69) is 5.32 Å². The fourth-order valence-electron chi connectivity index (χ4n) is 1.11. The number of nitrogens with zero attached hydrogens (tertiary/aromatic N) is 1. The molecule has 18 heavy (non-hydrogen) atoms. The van der Waals surface area contributed by atoms with Crippen LogP contribution in [0.2, 0.25) is 5.02 Å². The van der Waals surface area contributed by atoms with E-state index >= 15 is 0 Å². The van der Waals surface area contributed by atoms with Gasteiger partial charge < -0.3 is 10.2 Å². The summed E-state index contributed by atoms with van der Waals surface area (Å²) in [6, 6.07) is 6.01. The van der Waals surface area contributed by atoms with E-state index in [0.29, 0.717) is 10.7 Å². The summed E-state index contributed by atoms with van der Waals surface area (Å²) < 4.78 is 29.6. The minimum Gasteiger partial charge on any atom is -0.326 e. The minimum absolute atomic E-state index is 0.0990. The smallest absolute Gasteiger partial charge is 0.321 e. The third-order valence-corrected chi connectivity index (χ3v) is 3.08. The Kier molecular flexibility index (Phi) is 4.94. The molecule has 0 spiro atoms. The number of rotatable bonds is 4. The van der Waals surface area contributed by atoms with Crippen LogP contribution in [0.3, 0.4) is 0 Å². The van der Waals surface area contributed by atoms with Crippen molar-refractivity contribution in [2.45, 2.75) is 0 Å². The van der Waals surface area contributed by atoms with Crippen molar-refractivity contribution in [2.24, 2.45) is 0 Å². The standard InChI is InChI=1S/C10H13ClN2O4S/c1-13(6-7-18(15,16)17)10(14)12-9-4-2-8(11)3-5-9/h2-5H,6-7H2,1H3,(H,12,14)(H,15,16,17). The molecule has 0 atom stereocenters. The third kappa shape index (κ3) is 5.35. The molecule has 0 aromatic heterocycles. The SMILES string of the molecule is CN(CCS(=O)(=O)O)C(=O)Nc1ccc(Cl)cc1. The molecule has 1 aromatic carbocycles. The Labute approximate surface area is 110 Å². The van der Waals surface area contributed by atoms with Gasteiger partial charge in [0, 0.05) is 24.3 Å². The van der Waals surface area contributed by atoms with Crippen LogP contribution in [0.25, 0.3) is 0 Å². The average molecular weight is 293 g/mol. The Morgan fingerprint density at radius 2 is 1.94 bits per heavy atom. The summed E-state index contributed by atoms with van der Waals surface area (Å²) in [5.74, 6) is -0.502. The van der Waals surface area contributed by atoms with Crippen LogP contribution < -0.4 is 5.32 Å². The lowest BCUT2D eigenvalue weighted by Crippen LogP contribution is -2.34. The lowest BCUT2D eigenvalue weighted by Gasteiger charge is -2.17. The summed E-state index contributed by atoms with van der Waals surface area (Å²) in [4.78, 5) is 12.8. The van der Waals surface area contributed by atoms with Gasteiger partial charge in [0.15, 0.2) is 0 Å². The number of benzene rings is 1. The molecule has 1 rings (SSSR count). The summed E-state index contributed by atoms with van der Waals surface area (Å²) in [5.41, 5.74) is 0.545. The first-order valence-corrected chi connectivity index (χ1v) is 6.99. The van der Waals surface area contributed by atoms with E-state index in [-0.39, 0.29) is 6.54 Å². The van der Waals surface area contributed by atoms with Crippen molar-refractivity contribution in [1.82, 2.24) is 4.90 Å². The van der Waals surface area contributed by atoms with Gasteiger partial charge in [-0.05, 0) is 24.3 Å². The summed E-state index contributed by atoms with van der Waals surface area (Å²) in [7, 11) is -2.64. The molecule has 8 heteroatoms. The van der Waals surface area contributed by atoms with Crippen LogP contribution in [0.1, 0.15) is 0 Å². The van der Waals surface area contributed by atoms with Gasteiger partial charge in [0.05, 0.1) is 5.75 Å². The van der Waals surface area contributed by atoms with E-state index in [4.69, 9.17) is 16.2 Å². The second kappa shape index (κ2) is 6.03. The van der Waals surface area contributed by atoms with Crippen LogP contribution in [0, 0.1) is 0 Å². The summed E-state index contributed by atoms with van der Waals surface area (Å²) in [5, 5.41) is 3.11. The van der Waals surface area contributed by atoms with Crippen molar-refractivity contribution in [1.29, 1.82) is 0 Å². The van der Waals surface area contributed by atoms with Gasteiger partial charge in [0.1, 0.15) is 0 Å². The van der Waals surface area contributed by atoms with E-state index in [1.165, 1.54) is 7.05 Å². The maximum atomic E-state index is 11.6. The van der Waals surface area contributed by atoms with Gasteiger partial charge in [0.2, 0.25) is 0 Å². The number of urea groups is 1. The number of amides is 2. The molecule has 0 fully saturated rings. The first kappa shape index (κ1) is 14.7. The second-order valence-electron chi connectivity index (χ2n) is 3.64. The highest BCUT2D eigenvalue weighted by Gasteiger charge is 2.12. The van der Waals surface area contributed by atoms with Crippen LogP contribution in [0.5, 0.6) is 0 Å². The molecule has 1 aromatic rings. The highest BCUT2D eigenvalue weighted by atomic mass is 35.5. The zero-order valence-corrected chi connectivity index (χ0v) is 11.2. The number of carbonyl (C=O) groups excluding carboxylic acids is 1. The Bertz CT molecular complexity index is 515. The van der Waals surface area contributed by atoms with Crippen LogP contribution in [0.4, 0.5) is 10.5 Å². The molecule has 0 radical (unpaired) electrons. The van der Waals surface area contributed by atoms with Crippen molar-refractivity contribution >= 4 is 33.4 Å². The van der Waals surface area contributed by atoms with E-state index in [9.17, 15) is 13.2 Å². The van der Waals surface area contributed by atoms with Gasteiger partial charge in [-0.2, -0.15) is 8.42 Å². The highest BCUT2D eigenvalue weighted by Crippen LogP contribution is 2.13. The van der Waals surface area contributed by atoms with E-state index < -0.39 is 21.9 Å². The Morgan fingerprint density at radius 3 is 2.44 bits per heavy atom. The van der Waals surface area contributed by atoms with Crippen molar-refractivity contribution in [3.8, 4) is 0 Å². The molecule has 0 aliphatic carbocycles. The zero-order chi connectivity index (χ0) is 13.8. The normalized spacial score (nSPS) is 11.1. The number of hydrogen-bond acceptors (Lipinski definition) is 3. The molecule has 0 aliphatic heterocycles.